The maximum absolute atomic E-state index is 12.0. The Kier molecular flexibility index (Phi) is 10.1. The Morgan fingerprint density at radius 2 is 1.77 bits per heavy atom. The molecule has 5 nitrogen and oxygen atoms in total. The highest BCUT2D eigenvalue weighted by Crippen LogP contribution is 2.27. The average molecular weight is 314 g/mol. The van der Waals surface area contributed by atoms with E-state index >= 15 is 0 Å². The van der Waals surface area contributed by atoms with E-state index in [4.69, 9.17) is 10.8 Å². The second-order valence-electron chi connectivity index (χ2n) is 6.85. The third-order valence-corrected chi connectivity index (χ3v) is 4.65. The van der Waals surface area contributed by atoms with E-state index in [9.17, 15) is 9.59 Å². The van der Waals surface area contributed by atoms with Crippen molar-refractivity contribution in [2.24, 2.45) is 29.4 Å². The molecule has 0 aliphatic carbocycles. The molecule has 0 saturated heterocycles. The molecule has 0 aromatic rings. The Morgan fingerprint density at radius 1 is 1.18 bits per heavy atom. The van der Waals surface area contributed by atoms with E-state index in [1.807, 2.05) is 13.8 Å². The van der Waals surface area contributed by atoms with Crippen molar-refractivity contribution in [1.29, 1.82) is 0 Å². The van der Waals surface area contributed by atoms with Crippen molar-refractivity contribution >= 4 is 11.9 Å². The third-order valence-electron chi connectivity index (χ3n) is 4.65. The smallest absolute Gasteiger partial charge is 0.303 e. The van der Waals surface area contributed by atoms with Crippen LogP contribution >= 0.6 is 0 Å². The molecule has 3 unspecified atom stereocenters. The van der Waals surface area contributed by atoms with Crippen LogP contribution in [0.5, 0.6) is 0 Å². The van der Waals surface area contributed by atoms with Crippen LogP contribution in [0.15, 0.2) is 0 Å². The zero-order valence-corrected chi connectivity index (χ0v) is 14.8. The van der Waals surface area contributed by atoms with Crippen molar-refractivity contribution in [3.8, 4) is 0 Å². The van der Waals surface area contributed by atoms with Gasteiger partial charge in [0.2, 0.25) is 5.91 Å². The van der Waals surface area contributed by atoms with Crippen molar-refractivity contribution in [3.05, 3.63) is 0 Å². The van der Waals surface area contributed by atoms with Gasteiger partial charge < -0.3 is 16.2 Å². The van der Waals surface area contributed by atoms with Gasteiger partial charge in [0.25, 0.3) is 0 Å². The summed E-state index contributed by atoms with van der Waals surface area (Å²) in [6, 6.07) is -0.543. The first-order chi connectivity index (χ1) is 10.2. The van der Waals surface area contributed by atoms with E-state index in [1.54, 1.807) is 0 Å². The zero-order chi connectivity index (χ0) is 17.3. The summed E-state index contributed by atoms with van der Waals surface area (Å²) in [5.41, 5.74) is 5.82. The highest BCUT2D eigenvalue weighted by Gasteiger charge is 2.26. The van der Waals surface area contributed by atoms with E-state index in [0.29, 0.717) is 12.5 Å². The number of carboxylic acids is 1. The summed E-state index contributed by atoms with van der Waals surface area (Å²) in [6.07, 6.45) is 3.46. The number of amides is 1. The highest BCUT2D eigenvalue weighted by molar-refractivity contribution is 5.81. The summed E-state index contributed by atoms with van der Waals surface area (Å²) >= 11 is 0. The molecular formula is C17H34N2O3. The second kappa shape index (κ2) is 10.6. The molecule has 4 N–H and O–H groups in total. The molecule has 5 heteroatoms. The molecule has 0 fully saturated rings. The fourth-order valence-electron chi connectivity index (χ4n) is 2.57. The highest BCUT2D eigenvalue weighted by atomic mass is 16.4. The number of nitrogens with one attached hydrogen (secondary N) is 1. The van der Waals surface area contributed by atoms with Crippen molar-refractivity contribution < 1.29 is 14.7 Å². The zero-order valence-electron chi connectivity index (χ0n) is 14.8. The molecule has 4 atom stereocenters. The summed E-state index contributed by atoms with van der Waals surface area (Å²) in [5, 5.41) is 11.9. The number of aliphatic carboxylic acids is 1. The molecule has 0 aromatic heterocycles. The van der Waals surface area contributed by atoms with Crippen LogP contribution in [-0.2, 0) is 9.59 Å². The number of rotatable bonds is 11. The van der Waals surface area contributed by atoms with Gasteiger partial charge >= 0.3 is 5.97 Å². The van der Waals surface area contributed by atoms with Crippen molar-refractivity contribution in [1.82, 2.24) is 5.32 Å². The summed E-state index contributed by atoms with van der Waals surface area (Å²) in [6.45, 7) is 10.6. The standard InChI is InChI=1S/C17H34N2O3/c1-6-7-8-12(4)13(5)14(9-15(20)21)10-19-17(22)16(18)11(2)3/h11-14,16H,6-10,18H2,1-5H3,(H,19,22)(H,20,21)/t12?,13?,14?,16-/m0/s1. The van der Waals surface area contributed by atoms with Crippen LogP contribution in [0.25, 0.3) is 0 Å². The van der Waals surface area contributed by atoms with E-state index in [0.717, 1.165) is 19.3 Å². The van der Waals surface area contributed by atoms with Gasteiger partial charge in [-0.1, -0.05) is 53.9 Å². The van der Waals surface area contributed by atoms with E-state index in [2.05, 4.69) is 26.1 Å². The first-order valence-electron chi connectivity index (χ1n) is 8.45. The number of carbonyl (C=O) groups is 2. The Hall–Kier alpha value is -1.10. The van der Waals surface area contributed by atoms with E-state index < -0.39 is 12.0 Å². The molecule has 0 aromatic carbocycles. The molecule has 1 amide bonds. The minimum atomic E-state index is -0.818. The first-order valence-corrected chi connectivity index (χ1v) is 8.45. The predicted molar refractivity (Wildman–Crippen MR) is 89.4 cm³/mol. The van der Waals surface area contributed by atoms with Gasteiger partial charge in [-0.15, -0.1) is 0 Å². The van der Waals surface area contributed by atoms with Gasteiger partial charge in [0.05, 0.1) is 12.5 Å². The molecule has 0 bridgehead atoms. The maximum Gasteiger partial charge on any atom is 0.303 e. The predicted octanol–water partition coefficient (Wildman–Crippen LogP) is 2.64. The minimum absolute atomic E-state index is 0.0623. The Morgan fingerprint density at radius 3 is 2.23 bits per heavy atom. The largest absolute Gasteiger partial charge is 0.481 e. The van der Waals surface area contributed by atoms with Gasteiger partial charge in [-0.05, 0) is 23.7 Å². The lowest BCUT2D eigenvalue weighted by atomic mass is 9.79. The summed E-state index contributed by atoms with van der Waals surface area (Å²) < 4.78 is 0. The van der Waals surface area contributed by atoms with Crippen LogP contribution in [-0.4, -0.2) is 29.6 Å². The second-order valence-corrected chi connectivity index (χ2v) is 6.85. The Balaban J connectivity index is 4.63. The molecule has 0 aliphatic heterocycles. The SMILES string of the molecule is CCCCC(C)C(C)C(CNC(=O)[C@@H](N)C(C)C)CC(=O)O. The molecule has 0 radical (unpaired) electrons. The van der Waals surface area contributed by atoms with Crippen LogP contribution in [0.3, 0.4) is 0 Å². The average Bonchev–Trinajstić information content (AvgIpc) is 2.46. The summed E-state index contributed by atoms with van der Waals surface area (Å²) in [4.78, 5) is 23.1. The van der Waals surface area contributed by atoms with Gasteiger partial charge in [-0.3, -0.25) is 9.59 Å². The number of unbranched alkanes of at least 4 members (excludes halogenated alkanes) is 1. The molecule has 22 heavy (non-hydrogen) atoms. The quantitative estimate of drug-likeness (QED) is 0.546. The lowest BCUT2D eigenvalue weighted by molar-refractivity contribution is -0.139. The van der Waals surface area contributed by atoms with Gasteiger partial charge in [0.15, 0.2) is 0 Å². The fourth-order valence-corrected chi connectivity index (χ4v) is 2.57. The van der Waals surface area contributed by atoms with Crippen molar-refractivity contribution in [2.75, 3.05) is 6.54 Å². The topological polar surface area (TPSA) is 92.4 Å². The van der Waals surface area contributed by atoms with Crippen molar-refractivity contribution in [2.45, 2.75) is 66.3 Å². The Labute approximate surface area is 135 Å². The molecular weight excluding hydrogens is 280 g/mol. The fraction of sp³-hybridized carbons (Fsp3) is 0.882. The van der Waals surface area contributed by atoms with Crippen LogP contribution in [0, 0.1) is 23.7 Å². The van der Waals surface area contributed by atoms with Gasteiger partial charge in [0, 0.05) is 6.54 Å². The number of carboxylic acid groups (broad SMARTS) is 1. The molecule has 0 heterocycles. The maximum atomic E-state index is 12.0. The minimum Gasteiger partial charge on any atom is -0.481 e. The third kappa shape index (κ3) is 7.78. The van der Waals surface area contributed by atoms with Crippen LogP contribution < -0.4 is 11.1 Å². The van der Waals surface area contributed by atoms with Crippen LogP contribution in [0.1, 0.15) is 60.3 Å². The summed E-state index contributed by atoms with van der Waals surface area (Å²) in [7, 11) is 0. The number of carbonyl (C=O) groups excluding carboxylic acids is 1. The molecule has 0 spiro atoms. The first kappa shape index (κ1) is 20.9. The molecule has 130 valence electrons. The number of hydrogen-bond donors (Lipinski definition) is 3. The van der Waals surface area contributed by atoms with Gasteiger partial charge in [0.1, 0.15) is 0 Å². The molecule has 0 saturated carbocycles. The van der Waals surface area contributed by atoms with Gasteiger partial charge in [-0.25, -0.2) is 0 Å². The molecule has 0 aliphatic rings. The molecule has 0 rings (SSSR count). The number of hydrogen-bond acceptors (Lipinski definition) is 3. The summed E-state index contributed by atoms with van der Waals surface area (Å²) in [5.74, 6) is -0.314. The monoisotopic (exact) mass is 314 g/mol. The van der Waals surface area contributed by atoms with Gasteiger partial charge in [-0.2, -0.15) is 0 Å². The van der Waals surface area contributed by atoms with Crippen LogP contribution in [0.2, 0.25) is 0 Å². The lowest BCUT2D eigenvalue weighted by Gasteiger charge is -2.29. The number of nitrogens with two attached hydrogens (primary N) is 1. The van der Waals surface area contributed by atoms with E-state index in [1.165, 1.54) is 0 Å². The lowest BCUT2D eigenvalue weighted by Crippen LogP contribution is -2.46. The Bertz CT molecular complexity index is 345. The normalized spacial score (nSPS) is 16.9. The van der Waals surface area contributed by atoms with Crippen molar-refractivity contribution in [3.63, 3.8) is 0 Å². The van der Waals surface area contributed by atoms with Crippen LogP contribution in [0.4, 0.5) is 0 Å². The van der Waals surface area contributed by atoms with E-state index in [-0.39, 0.29) is 30.1 Å².